The largest absolute Gasteiger partial charge is 0.493 e. The molecule has 0 radical (unpaired) electrons. The maximum atomic E-state index is 12.9. The number of ether oxygens (including phenoxy) is 2. The van der Waals surface area contributed by atoms with E-state index in [1.807, 2.05) is 0 Å². The lowest BCUT2D eigenvalue weighted by Gasteiger charge is -2.12. The van der Waals surface area contributed by atoms with E-state index in [0.717, 1.165) is 23.1 Å². The molecule has 4 rings (SSSR count). The molecule has 39 heavy (non-hydrogen) atoms. The number of hydrogen-bond acceptors (Lipinski definition) is 11. The summed E-state index contributed by atoms with van der Waals surface area (Å²) in [6.07, 6.45) is 1.43. The van der Waals surface area contributed by atoms with Crippen molar-refractivity contribution in [2.45, 2.75) is 6.54 Å². The summed E-state index contributed by atoms with van der Waals surface area (Å²) in [5.74, 6) is -0.642. The zero-order valence-electron chi connectivity index (χ0n) is 19.8. The van der Waals surface area contributed by atoms with Crippen molar-refractivity contribution in [3.05, 3.63) is 107 Å². The van der Waals surface area contributed by atoms with Gasteiger partial charge in [0.2, 0.25) is 5.75 Å². The maximum Gasteiger partial charge on any atom is 0.318 e. The lowest BCUT2D eigenvalue weighted by Crippen LogP contribution is -2.27. The Morgan fingerprint density at radius 3 is 2.08 bits per heavy atom. The number of rotatable bonds is 9. The summed E-state index contributed by atoms with van der Waals surface area (Å²) in [5, 5.41) is 32.8. The molecule has 14 nitrogen and oxygen atoms in total. The van der Waals surface area contributed by atoms with Gasteiger partial charge >= 0.3 is 5.69 Å². The number of methoxy groups -OCH3 is 1. The molecule has 15 heteroatoms. The van der Waals surface area contributed by atoms with E-state index >= 15 is 0 Å². The number of carbonyl (C=O) groups is 2. The van der Waals surface area contributed by atoms with Crippen LogP contribution in [-0.2, 0) is 11.3 Å². The molecule has 198 valence electrons. The summed E-state index contributed by atoms with van der Waals surface area (Å²) in [6.45, 7) is -0.0826. The molecule has 1 aliphatic heterocycles. The molecule has 0 unspecified atom stereocenters. The molecule has 1 heterocycles. The standard InChI is InChI=1S/C24H16N4O10S/c1-37-20-8-4-15(10-21(20)38-19-9-7-17(27(33)34)12-18(19)28(35)36)11-22-23(29)25(24(30)39-22)13-14-2-5-16(6-3-14)26(31)32/h2-12H,13H2,1H3/b22-11-. The molecule has 0 saturated carbocycles. The summed E-state index contributed by atoms with van der Waals surface area (Å²) in [6, 6.07) is 12.9. The van der Waals surface area contributed by atoms with E-state index in [9.17, 15) is 39.9 Å². The number of nitro groups is 3. The van der Waals surface area contributed by atoms with Crippen molar-refractivity contribution in [2.24, 2.45) is 0 Å². The molecule has 2 amide bonds. The van der Waals surface area contributed by atoms with E-state index in [-0.39, 0.29) is 34.4 Å². The lowest BCUT2D eigenvalue weighted by molar-refractivity contribution is -0.394. The number of carbonyl (C=O) groups excluding carboxylic acids is 2. The van der Waals surface area contributed by atoms with E-state index < -0.39 is 37.3 Å². The average Bonchev–Trinajstić information content (AvgIpc) is 3.16. The Morgan fingerprint density at radius 2 is 1.46 bits per heavy atom. The molecule has 0 atom stereocenters. The third-order valence-electron chi connectivity index (χ3n) is 5.42. The van der Waals surface area contributed by atoms with Crippen molar-refractivity contribution in [1.82, 2.24) is 4.90 Å². The van der Waals surface area contributed by atoms with Crippen LogP contribution in [0, 0.1) is 30.3 Å². The minimum absolute atomic E-state index is 0.0216. The summed E-state index contributed by atoms with van der Waals surface area (Å²) < 4.78 is 10.9. The number of non-ortho nitro benzene ring substituents is 2. The molecule has 1 fully saturated rings. The molecule has 0 spiro atoms. The van der Waals surface area contributed by atoms with Crippen LogP contribution in [0.4, 0.5) is 21.9 Å². The smallest absolute Gasteiger partial charge is 0.318 e. The molecule has 0 N–H and O–H groups in total. The fourth-order valence-corrected chi connectivity index (χ4v) is 4.36. The summed E-state index contributed by atoms with van der Waals surface area (Å²) in [7, 11) is 1.34. The number of nitro benzene ring substituents is 3. The van der Waals surface area contributed by atoms with Crippen LogP contribution in [-0.4, -0.2) is 37.9 Å². The predicted octanol–water partition coefficient (Wildman–Crippen LogP) is 5.45. The van der Waals surface area contributed by atoms with Crippen LogP contribution >= 0.6 is 11.8 Å². The monoisotopic (exact) mass is 552 g/mol. The van der Waals surface area contributed by atoms with E-state index in [1.165, 1.54) is 49.6 Å². The molecule has 0 aromatic heterocycles. The predicted molar refractivity (Wildman–Crippen MR) is 137 cm³/mol. The Bertz CT molecular complexity index is 1550. The fourth-order valence-electron chi connectivity index (χ4n) is 3.52. The highest BCUT2D eigenvalue weighted by molar-refractivity contribution is 8.18. The molecular weight excluding hydrogens is 536 g/mol. The van der Waals surface area contributed by atoms with Crippen molar-refractivity contribution < 1.29 is 33.8 Å². The third-order valence-corrected chi connectivity index (χ3v) is 6.32. The van der Waals surface area contributed by atoms with Gasteiger partial charge in [-0.25, -0.2) is 0 Å². The topological polar surface area (TPSA) is 185 Å². The highest BCUT2D eigenvalue weighted by Crippen LogP contribution is 2.40. The van der Waals surface area contributed by atoms with Crippen LogP contribution in [0.25, 0.3) is 6.08 Å². The second-order valence-electron chi connectivity index (χ2n) is 7.87. The number of imide groups is 1. The average molecular weight is 552 g/mol. The highest BCUT2D eigenvalue weighted by Gasteiger charge is 2.35. The van der Waals surface area contributed by atoms with E-state index in [0.29, 0.717) is 22.9 Å². The Kier molecular flexibility index (Phi) is 7.53. The first-order valence-electron chi connectivity index (χ1n) is 10.8. The Balaban J connectivity index is 1.59. The van der Waals surface area contributed by atoms with Crippen LogP contribution in [0.15, 0.2) is 65.6 Å². The Morgan fingerprint density at radius 1 is 0.821 bits per heavy atom. The van der Waals surface area contributed by atoms with E-state index in [2.05, 4.69) is 0 Å². The number of thioether (sulfide) groups is 1. The Labute approximate surface area is 222 Å². The SMILES string of the molecule is COc1ccc(/C=C2\SC(=O)N(Cc3ccc([N+](=O)[O-])cc3)C2=O)cc1Oc1ccc([N+](=O)[O-])cc1[N+](=O)[O-]. The van der Waals surface area contributed by atoms with E-state index in [1.54, 1.807) is 6.07 Å². The van der Waals surface area contributed by atoms with Gasteiger partial charge in [0.15, 0.2) is 11.5 Å². The minimum atomic E-state index is -0.820. The molecule has 0 aliphatic carbocycles. The first kappa shape index (κ1) is 26.7. The van der Waals surface area contributed by atoms with Gasteiger partial charge in [-0.3, -0.25) is 44.8 Å². The van der Waals surface area contributed by atoms with Crippen molar-refractivity contribution in [2.75, 3.05) is 7.11 Å². The quantitative estimate of drug-likeness (QED) is 0.187. The molecule has 0 bridgehead atoms. The minimum Gasteiger partial charge on any atom is -0.493 e. The normalized spacial score (nSPS) is 14.0. The molecule has 1 saturated heterocycles. The molecule has 1 aliphatic rings. The van der Waals surface area contributed by atoms with Crippen LogP contribution in [0.2, 0.25) is 0 Å². The maximum absolute atomic E-state index is 12.9. The van der Waals surface area contributed by atoms with Crippen molar-refractivity contribution in [3.8, 4) is 17.2 Å². The summed E-state index contributed by atoms with van der Waals surface area (Å²) >= 11 is 0.699. The number of hydrogen-bond donors (Lipinski definition) is 0. The summed E-state index contributed by atoms with van der Waals surface area (Å²) in [4.78, 5) is 57.7. The number of nitrogens with zero attached hydrogens (tertiary/aromatic N) is 4. The second-order valence-corrected chi connectivity index (χ2v) is 8.86. The van der Waals surface area contributed by atoms with Gasteiger partial charge in [-0.05, 0) is 47.2 Å². The van der Waals surface area contributed by atoms with Crippen molar-refractivity contribution in [3.63, 3.8) is 0 Å². The van der Waals surface area contributed by atoms with E-state index in [4.69, 9.17) is 9.47 Å². The van der Waals surface area contributed by atoms with Crippen molar-refractivity contribution in [1.29, 1.82) is 0 Å². The van der Waals surface area contributed by atoms with Gasteiger partial charge in [-0.15, -0.1) is 0 Å². The lowest BCUT2D eigenvalue weighted by atomic mass is 10.1. The summed E-state index contributed by atoms with van der Waals surface area (Å²) in [5.41, 5.74) is -0.321. The van der Waals surface area contributed by atoms with Gasteiger partial charge in [0, 0.05) is 18.2 Å². The van der Waals surface area contributed by atoms with Gasteiger partial charge in [0.05, 0.1) is 39.4 Å². The van der Waals surface area contributed by atoms with Crippen LogP contribution < -0.4 is 9.47 Å². The number of amides is 2. The van der Waals surface area contributed by atoms with Gasteiger partial charge in [-0.1, -0.05) is 18.2 Å². The van der Waals surface area contributed by atoms with Gasteiger partial charge < -0.3 is 9.47 Å². The second kappa shape index (κ2) is 11.0. The van der Waals surface area contributed by atoms with Crippen LogP contribution in [0.1, 0.15) is 11.1 Å². The molecule has 3 aromatic rings. The first-order valence-corrected chi connectivity index (χ1v) is 11.7. The first-order chi connectivity index (χ1) is 18.6. The fraction of sp³-hybridized carbons (Fsp3) is 0.0833. The molecular formula is C24H16N4O10S. The highest BCUT2D eigenvalue weighted by atomic mass is 32.2. The van der Waals surface area contributed by atoms with Crippen molar-refractivity contribution >= 4 is 46.0 Å². The van der Waals surface area contributed by atoms with Gasteiger partial charge in [-0.2, -0.15) is 0 Å². The zero-order valence-corrected chi connectivity index (χ0v) is 20.7. The third kappa shape index (κ3) is 5.83. The zero-order chi connectivity index (χ0) is 28.3. The van der Waals surface area contributed by atoms with Gasteiger partial charge in [0.1, 0.15) is 0 Å². The molecule has 3 aromatic carbocycles. The number of benzene rings is 3. The van der Waals surface area contributed by atoms with Gasteiger partial charge in [0.25, 0.3) is 22.5 Å². The van der Waals surface area contributed by atoms with Crippen LogP contribution in [0.5, 0.6) is 17.2 Å². The van der Waals surface area contributed by atoms with Crippen LogP contribution in [0.3, 0.4) is 0 Å². The Hall–Kier alpha value is -5.31.